The van der Waals surface area contributed by atoms with Crippen LogP contribution in [0, 0.1) is 17.0 Å². The smallest absolute Gasteiger partial charge is 0.289 e. The highest BCUT2D eigenvalue weighted by atomic mass is 32.2. The minimum atomic E-state index is -4.05. The third-order valence-corrected chi connectivity index (χ3v) is 7.51. The molecule has 0 aromatic heterocycles. The zero-order valence-electron chi connectivity index (χ0n) is 15.3. The van der Waals surface area contributed by atoms with Gasteiger partial charge in [0.2, 0.25) is 0 Å². The van der Waals surface area contributed by atoms with Crippen LogP contribution in [0.3, 0.4) is 0 Å². The molecule has 0 amide bonds. The number of likely N-dealkylation sites (N-methyl/N-ethyl adjacent to an activating group) is 1. The average molecular weight is 388 g/mol. The van der Waals surface area contributed by atoms with E-state index in [0.717, 1.165) is 30.6 Å². The van der Waals surface area contributed by atoms with Gasteiger partial charge >= 0.3 is 0 Å². The van der Waals surface area contributed by atoms with Crippen molar-refractivity contribution in [3.8, 4) is 0 Å². The number of nitrogens with zero attached hydrogens (tertiary/aromatic N) is 2. The summed E-state index contributed by atoms with van der Waals surface area (Å²) in [4.78, 5) is 11.9. The lowest BCUT2D eigenvalue weighted by Gasteiger charge is -2.34. The first kappa shape index (κ1) is 17.9. The number of hydrogen-bond donors (Lipinski definition) is 1. The van der Waals surface area contributed by atoms with Crippen molar-refractivity contribution in [3.63, 3.8) is 0 Å². The second kappa shape index (κ2) is 6.31. The zero-order valence-corrected chi connectivity index (χ0v) is 16.1. The van der Waals surface area contributed by atoms with E-state index in [-0.39, 0.29) is 22.5 Å². The zero-order chi connectivity index (χ0) is 19.3. The Bertz CT molecular complexity index is 1020. The normalized spacial score (nSPS) is 24.4. The lowest BCUT2D eigenvalue weighted by Crippen LogP contribution is -3.11. The molecule has 1 saturated heterocycles. The molecule has 4 rings (SSSR count). The van der Waals surface area contributed by atoms with Crippen molar-refractivity contribution in [2.45, 2.75) is 30.2 Å². The van der Waals surface area contributed by atoms with Crippen LogP contribution in [0.1, 0.15) is 23.5 Å². The number of nitrogens with one attached hydrogen (secondary N) is 1. The van der Waals surface area contributed by atoms with Gasteiger partial charge in [0.15, 0.2) is 4.90 Å². The van der Waals surface area contributed by atoms with Crippen molar-refractivity contribution < 1.29 is 18.2 Å². The number of aryl methyl sites for hydroxylation is 1. The van der Waals surface area contributed by atoms with Gasteiger partial charge in [0.1, 0.15) is 0 Å². The highest BCUT2D eigenvalue weighted by molar-refractivity contribution is 7.93. The number of fused-ring (bicyclic) bond motifs is 3. The Labute approximate surface area is 158 Å². The second-order valence-corrected chi connectivity index (χ2v) is 9.25. The molecular formula is C19H22N3O4S+. The lowest BCUT2D eigenvalue weighted by atomic mass is 9.89. The summed E-state index contributed by atoms with van der Waals surface area (Å²) in [6, 6.07) is 11.2. The van der Waals surface area contributed by atoms with Crippen LogP contribution >= 0.6 is 0 Å². The van der Waals surface area contributed by atoms with Crippen molar-refractivity contribution in [1.82, 2.24) is 0 Å². The molecular weight excluding hydrogens is 366 g/mol. The van der Waals surface area contributed by atoms with Crippen molar-refractivity contribution in [2.24, 2.45) is 0 Å². The highest BCUT2D eigenvalue weighted by Gasteiger charge is 2.49. The number of sulfonamides is 1. The van der Waals surface area contributed by atoms with E-state index in [4.69, 9.17) is 0 Å². The standard InChI is InChI=1S/C19H21N3O4S/c1-13-7-8-16-14(11-13)15-12-20(2)10-9-17(15)21(16)27(25,26)19-6-4-3-5-18(19)22(23)24/h3-8,11,15,17H,9-10,12H2,1-2H3/p+1. The van der Waals surface area contributed by atoms with Crippen LogP contribution < -0.4 is 9.21 Å². The van der Waals surface area contributed by atoms with E-state index in [0.29, 0.717) is 5.69 Å². The molecule has 2 aliphatic rings. The van der Waals surface area contributed by atoms with Crippen LogP contribution in [-0.4, -0.2) is 39.5 Å². The Hall–Kier alpha value is -2.45. The van der Waals surface area contributed by atoms with E-state index in [2.05, 4.69) is 13.1 Å². The summed E-state index contributed by atoms with van der Waals surface area (Å²) in [5, 5.41) is 11.4. The number of quaternary nitrogens is 1. The maximum atomic E-state index is 13.6. The minimum Gasteiger partial charge on any atom is -0.337 e. The number of nitro benzene ring substituents is 1. The predicted octanol–water partition coefficient (Wildman–Crippen LogP) is 1.48. The van der Waals surface area contributed by atoms with Gasteiger partial charge in [0.05, 0.1) is 42.7 Å². The first-order valence-corrected chi connectivity index (χ1v) is 10.4. The Kier molecular flexibility index (Phi) is 4.20. The molecule has 2 heterocycles. The second-order valence-electron chi connectivity index (χ2n) is 7.46. The van der Waals surface area contributed by atoms with Crippen LogP contribution in [0.4, 0.5) is 11.4 Å². The van der Waals surface area contributed by atoms with Gasteiger partial charge in [-0.05, 0) is 24.6 Å². The topological polar surface area (TPSA) is 85.0 Å². The van der Waals surface area contributed by atoms with E-state index in [1.54, 1.807) is 0 Å². The quantitative estimate of drug-likeness (QED) is 0.638. The molecule has 0 aliphatic carbocycles. The van der Waals surface area contributed by atoms with Gasteiger partial charge in [0, 0.05) is 12.5 Å². The third kappa shape index (κ3) is 2.80. The van der Waals surface area contributed by atoms with E-state index in [1.807, 2.05) is 19.1 Å². The van der Waals surface area contributed by atoms with E-state index < -0.39 is 14.9 Å². The predicted molar refractivity (Wildman–Crippen MR) is 102 cm³/mol. The SMILES string of the molecule is Cc1ccc2c(c1)C1C[NH+](C)CCC1N2S(=O)(=O)c1ccccc1[N+](=O)[O-]. The van der Waals surface area contributed by atoms with Gasteiger partial charge in [-0.2, -0.15) is 0 Å². The number of hydrogen-bond acceptors (Lipinski definition) is 4. The van der Waals surface area contributed by atoms with Crippen LogP contribution in [0.2, 0.25) is 0 Å². The summed E-state index contributed by atoms with van der Waals surface area (Å²) >= 11 is 0. The first-order valence-electron chi connectivity index (χ1n) is 9.00. The molecule has 27 heavy (non-hydrogen) atoms. The number of anilines is 1. The molecule has 1 N–H and O–H groups in total. The van der Waals surface area contributed by atoms with Crippen molar-refractivity contribution in [3.05, 3.63) is 63.7 Å². The van der Waals surface area contributed by atoms with E-state index in [1.165, 1.54) is 33.5 Å². The van der Waals surface area contributed by atoms with Gasteiger partial charge in [-0.1, -0.05) is 29.8 Å². The minimum absolute atomic E-state index is 0.103. The molecule has 0 bridgehead atoms. The third-order valence-electron chi connectivity index (χ3n) is 5.62. The molecule has 142 valence electrons. The molecule has 1 fully saturated rings. The molecule has 2 aliphatic heterocycles. The molecule has 0 saturated carbocycles. The number of piperidine rings is 1. The summed E-state index contributed by atoms with van der Waals surface area (Å²) < 4.78 is 28.6. The molecule has 3 atom stereocenters. The number of likely N-dealkylation sites (tertiary alicyclic amines) is 1. The van der Waals surface area contributed by atoms with Crippen LogP contribution in [-0.2, 0) is 10.0 Å². The molecule has 8 heteroatoms. The maximum Gasteiger partial charge on any atom is 0.289 e. The van der Waals surface area contributed by atoms with E-state index >= 15 is 0 Å². The van der Waals surface area contributed by atoms with Crippen molar-refractivity contribution in [2.75, 3.05) is 24.4 Å². The first-order chi connectivity index (χ1) is 12.8. The van der Waals surface area contributed by atoms with Gasteiger partial charge in [0.25, 0.3) is 15.7 Å². The average Bonchev–Trinajstić information content (AvgIpc) is 2.95. The number of benzene rings is 2. The maximum absolute atomic E-state index is 13.6. The molecule has 2 aromatic rings. The van der Waals surface area contributed by atoms with E-state index in [9.17, 15) is 18.5 Å². The van der Waals surface area contributed by atoms with Gasteiger partial charge in [-0.25, -0.2) is 8.42 Å². The van der Waals surface area contributed by atoms with Crippen molar-refractivity contribution in [1.29, 1.82) is 0 Å². The molecule has 0 radical (unpaired) electrons. The Morgan fingerprint density at radius 3 is 2.70 bits per heavy atom. The highest BCUT2D eigenvalue weighted by Crippen LogP contribution is 2.46. The monoisotopic (exact) mass is 388 g/mol. The number of nitro groups is 1. The van der Waals surface area contributed by atoms with Crippen LogP contribution in [0.15, 0.2) is 47.4 Å². The van der Waals surface area contributed by atoms with Crippen molar-refractivity contribution >= 4 is 21.4 Å². The van der Waals surface area contributed by atoms with Gasteiger partial charge in [-0.15, -0.1) is 0 Å². The Morgan fingerprint density at radius 1 is 1.22 bits per heavy atom. The number of rotatable bonds is 3. The summed E-state index contributed by atoms with van der Waals surface area (Å²) in [6.07, 6.45) is 0.726. The Balaban J connectivity index is 1.90. The summed E-state index contributed by atoms with van der Waals surface area (Å²) in [5.41, 5.74) is 2.39. The fourth-order valence-electron chi connectivity index (χ4n) is 4.40. The summed E-state index contributed by atoms with van der Waals surface area (Å²) in [6.45, 7) is 3.72. The largest absolute Gasteiger partial charge is 0.337 e. The Morgan fingerprint density at radius 2 is 1.96 bits per heavy atom. The fraction of sp³-hybridized carbons (Fsp3) is 0.368. The van der Waals surface area contributed by atoms with Gasteiger partial charge in [-0.3, -0.25) is 14.4 Å². The molecule has 0 spiro atoms. The number of para-hydroxylation sites is 1. The van der Waals surface area contributed by atoms with Crippen LogP contribution in [0.25, 0.3) is 0 Å². The van der Waals surface area contributed by atoms with Crippen LogP contribution in [0.5, 0.6) is 0 Å². The van der Waals surface area contributed by atoms with Gasteiger partial charge < -0.3 is 4.90 Å². The molecule has 3 unspecified atom stereocenters. The molecule has 2 aromatic carbocycles. The fourth-order valence-corrected chi connectivity index (χ4v) is 6.30. The molecule has 7 nitrogen and oxygen atoms in total. The summed E-state index contributed by atoms with van der Waals surface area (Å²) in [5.74, 6) is 0.103. The summed E-state index contributed by atoms with van der Waals surface area (Å²) in [7, 11) is -1.93. The lowest BCUT2D eigenvalue weighted by molar-refractivity contribution is -0.886.